The smallest absolute Gasteiger partial charge is 0.0544 e. The molecule has 0 unspecified atom stereocenters. The number of hydrogen-bond acceptors (Lipinski definition) is 2. The summed E-state index contributed by atoms with van der Waals surface area (Å²) in [6.07, 6.45) is 9.49. The fraction of sp³-hybridized carbons (Fsp3) is 0.765. The summed E-state index contributed by atoms with van der Waals surface area (Å²) in [6, 6.07) is 2.03. The molecule has 1 aliphatic rings. The lowest BCUT2D eigenvalue weighted by molar-refractivity contribution is 0.244. The van der Waals surface area contributed by atoms with E-state index in [0.717, 1.165) is 17.5 Å². The molecule has 20 heavy (non-hydrogen) atoms. The van der Waals surface area contributed by atoms with Gasteiger partial charge in [-0.3, -0.25) is 0 Å². The van der Waals surface area contributed by atoms with Crippen LogP contribution < -0.4 is 5.32 Å². The van der Waals surface area contributed by atoms with Crippen molar-refractivity contribution in [2.75, 3.05) is 13.1 Å². The molecular weight excluding hydrogens is 286 g/mol. The summed E-state index contributed by atoms with van der Waals surface area (Å²) in [6.45, 7) is 6.87. The maximum atomic E-state index is 6.23. The Labute approximate surface area is 133 Å². The summed E-state index contributed by atoms with van der Waals surface area (Å²) < 4.78 is 0. The number of thiophene rings is 1. The van der Waals surface area contributed by atoms with Crippen molar-refractivity contribution in [1.29, 1.82) is 0 Å². The minimum Gasteiger partial charge on any atom is -0.316 e. The van der Waals surface area contributed by atoms with E-state index in [9.17, 15) is 0 Å². The molecule has 3 heteroatoms. The van der Waals surface area contributed by atoms with Gasteiger partial charge in [0.05, 0.1) is 5.02 Å². The molecule has 0 aliphatic heterocycles. The highest BCUT2D eigenvalue weighted by Crippen LogP contribution is 2.45. The van der Waals surface area contributed by atoms with Crippen LogP contribution in [0.25, 0.3) is 0 Å². The molecule has 0 radical (unpaired) electrons. The van der Waals surface area contributed by atoms with Gasteiger partial charge in [0, 0.05) is 4.88 Å². The maximum Gasteiger partial charge on any atom is 0.0544 e. The fourth-order valence-corrected chi connectivity index (χ4v) is 4.51. The molecule has 2 rings (SSSR count). The zero-order valence-corrected chi connectivity index (χ0v) is 14.5. The van der Waals surface area contributed by atoms with E-state index in [4.69, 9.17) is 11.6 Å². The number of aryl methyl sites for hydroxylation is 1. The monoisotopic (exact) mass is 313 g/mol. The van der Waals surface area contributed by atoms with Crippen molar-refractivity contribution in [2.24, 2.45) is 11.3 Å². The van der Waals surface area contributed by atoms with E-state index in [0.29, 0.717) is 5.41 Å². The van der Waals surface area contributed by atoms with Crippen molar-refractivity contribution in [3.05, 3.63) is 21.3 Å². The van der Waals surface area contributed by atoms with Crippen LogP contribution in [0.1, 0.15) is 57.2 Å². The van der Waals surface area contributed by atoms with E-state index >= 15 is 0 Å². The zero-order valence-electron chi connectivity index (χ0n) is 12.9. The molecule has 0 spiro atoms. The van der Waals surface area contributed by atoms with Gasteiger partial charge in [-0.05, 0) is 68.0 Å². The van der Waals surface area contributed by atoms with Crippen LogP contribution in [0.4, 0.5) is 0 Å². The van der Waals surface area contributed by atoms with Crippen molar-refractivity contribution < 1.29 is 0 Å². The molecule has 1 aromatic rings. The molecule has 114 valence electrons. The molecule has 0 atom stereocenters. The first kappa shape index (κ1) is 16.3. The normalized spacial score (nSPS) is 18.0. The predicted molar refractivity (Wildman–Crippen MR) is 90.9 cm³/mol. The van der Waals surface area contributed by atoms with Crippen molar-refractivity contribution in [2.45, 2.75) is 58.8 Å². The Bertz CT molecular complexity index is 393. The lowest BCUT2D eigenvalue weighted by Gasteiger charge is -2.29. The highest BCUT2D eigenvalue weighted by molar-refractivity contribution is 7.10. The molecule has 0 bridgehead atoms. The zero-order chi connectivity index (χ0) is 14.4. The van der Waals surface area contributed by atoms with Gasteiger partial charge in [-0.2, -0.15) is 0 Å². The summed E-state index contributed by atoms with van der Waals surface area (Å²) in [5.74, 6) is 0.749. The predicted octanol–water partition coefficient (Wildman–Crippen LogP) is 5.53. The van der Waals surface area contributed by atoms with E-state index in [-0.39, 0.29) is 0 Å². The summed E-state index contributed by atoms with van der Waals surface area (Å²) >= 11 is 8.05. The quantitative estimate of drug-likeness (QED) is 0.622. The second-order valence-corrected chi connectivity index (χ2v) is 8.15. The lowest BCUT2D eigenvalue weighted by atomic mass is 9.78. The number of halogens is 1. The molecule has 1 aromatic heterocycles. The van der Waals surface area contributed by atoms with E-state index in [1.54, 1.807) is 0 Å². The van der Waals surface area contributed by atoms with Crippen molar-refractivity contribution in [1.82, 2.24) is 5.32 Å². The average Bonchev–Trinajstić information content (AvgIpc) is 3.02. The van der Waals surface area contributed by atoms with E-state index in [2.05, 4.69) is 24.5 Å². The molecule has 1 nitrogen and oxygen atoms in total. The number of hydrogen-bond donors (Lipinski definition) is 1. The molecule has 0 amide bonds. The molecule has 0 saturated heterocycles. The summed E-state index contributed by atoms with van der Waals surface area (Å²) in [5.41, 5.74) is 0.581. The number of nitrogens with one attached hydrogen (secondary N) is 1. The Balaban J connectivity index is 1.81. The van der Waals surface area contributed by atoms with Crippen LogP contribution in [0.5, 0.6) is 0 Å². The Morgan fingerprint density at radius 3 is 2.65 bits per heavy atom. The van der Waals surface area contributed by atoms with Gasteiger partial charge in [-0.1, -0.05) is 38.3 Å². The molecule has 0 aromatic carbocycles. The fourth-order valence-electron chi connectivity index (χ4n) is 3.38. The van der Waals surface area contributed by atoms with Gasteiger partial charge in [0.2, 0.25) is 0 Å². The lowest BCUT2D eigenvalue weighted by Crippen LogP contribution is -2.27. The standard InChI is InChI=1S/C17H28ClNS/c1-14(2)13-19-11-10-17(7-3-4-8-17)9-5-16-15(18)6-12-20-16/h6,12,14,19H,3-5,7-11,13H2,1-2H3. The van der Waals surface area contributed by atoms with Crippen molar-refractivity contribution in [3.63, 3.8) is 0 Å². The van der Waals surface area contributed by atoms with Gasteiger partial charge in [-0.15, -0.1) is 11.3 Å². The van der Waals surface area contributed by atoms with Crippen LogP contribution >= 0.6 is 22.9 Å². The van der Waals surface area contributed by atoms with Gasteiger partial charge in [-0.25, -0.2) is 0 Å². The molecule has 1 aliphatic carbocycles. The molecule has 1 N–H and O–H groups in total. The van der Waals surface area contributed by atoms with Crippen LogP contribution in [-0.4, -0.2) is 13.1 Å². The maximum absolute atomic E-state index is 6.23. The first-order valence-corrected chi connectivity index (χ1v) is 9.30. The topological polar surface area (TPSA) is 12.0 Å². The molecule has 1 heterocycles. The highest BCUT2D eigenvalue weighted by Gasteiger charge is 2.33. The minimum absolute atomic E-state index is 0.581. The van der Waals surface area contributed by atoms with Gasteiger partial charge >= 0.3 is 0 Å². The third-order valence-electron chi connectivity index (χ3n) is 4.62. The highest BCUT2D eigenvalue weighted by atomic mass is 35.5. The Hall–Kier alpha value is -0.0500. The van der Waals surface area contributed by atoms with Crippen LogP contribution in [0.3, 0.4) is 0 Å². The molecule has 1 fully saturated rings. The largest absolute Gasteiger partial charge is 0.316 e. The van der Waals surface area contributed by atoms with Gasteiger partial charge in [0.15, 0.2) is 0 Å². The van der Waals surface area contributed by atoms with E-state index < -0.39 is 0 Å². The Morgan fingerprint density at radius 1 is 1.30 bits per heavy atom. The van der Waals surface area contributed by atoms with Crippen LogP contribution in [0.15, 0.2) is 11.4 Å². The summed E-state index contributed by atoms with van der Waals surface area (Å²) in [7, 11) is 0. The van der Waals surface area contributed by atoms with Crippen molar-refractivity contribution in [3.8, 4) is 0 Å². The van der Waals surface area contributed by atoms with E-state index in [1.807, 2.05) is 17.4 Å². The summed E-state index contributed by atoms with van der Waals surface area (Å²) in [4.78, 5) is 1.38. The first-order chi connectivity index (χ1) is 9.61. The minimum atomic E-state index is 0.581. The third-order valence-corrected chi connectivity index (χ3v) is 6.07. The molecular formula is C17H28ClNS. The number of rotatable bonds is 8. The Kier molecular flexibility index (Phi) is 6.38. The third kappa shape index (κ3) is 4.75. The summed E-state index contributed by atoms with van der Waals surface area (Å²) in [5, 5.41) is 6.71. The van der Waals surface area contributed by atoms with Crippen LogP contribution in [0.2, 0.25) is 5.02 Å². The molecule has 1 saturated carbocycles. The van der Waals surface area contributed by atoms with Gasteiger partial charge in [0.1, 0.15) is 0 Å². The second kappa shape index (κ2) is 7.82. The average molecular weight is 314 g/mol. The van der Waals surface area contributed by atoms with Crippen LogP contribution in [-0.2, 0) is 6.42 Å². The van der Waals surface area contributed by atoms with Crippen LogP contribution in [0, 0.1) is 11.3 Å². The Morgan fingerprint density at radius 2 is 2.05 bits per heavy atom. The first-order valence-electron chi connectivity index (χ1n) is 8.04. The second-order valence-electron chi connectivity index (χ2n) is 6.75. The van der Waals surface area contributed by atoms with Gasteiger partial charge < -0.3 is 5.32 Å². The van der Waals surface area contributed by atoms with Crippen molar-refractivity contribution >= 4 is 22.9 Å². The van der Waals surface area contributed by atoms with Gasteiger partial charge in [0.25, 0.3) is 0 Å². The van der Waals surface area contributed by atoms with E-state index in [1.165, 1.54) is 56.4 Å². The SMILES string of the molecule is CC(C)CNCCC1(CCc2sccc2Cl)CCCC1.